The minimum atomic E-state index is 1.10. The fraction of sp³-hybridized carbons (Fsp3) is 0.158. The maximum absolute atomic E-state index is 2.42. The molecule has 0 heterocycles. The van der Waals surface area contributed by atoms with Gasteiger partial charge in [0, 0.05) is 0 Å². The molecule has 0 fully saturated rings. The van der Waals surface area contributed by atoms with Gasteiger partial charge < -0.3 is 0 Å². The van der Waals surface area contributed by atoms with Gasteiger partial charge in [0.05, 0.1) is 0 Å². The molecule has 6 aromatic rings. The van der Waals surface area contributed by atoms with E-state index in [0.29, 0.717) is 0 Å². The zero-order valence-electron chi connectivity index (χ0n) is 22.8. The van der Waals surface area contributed by atoms with Crippen molar-refractivity contribution >= 4 is 37.9 Å². The fourth-order valence-corrected chi connectivity index (χ4v) is 6.04. The number of allylic oxidation sites excluding steroid dienone is 2. The monoisotopic (exact) mass is 490 g/mol. The maximum atomic E-state index is 2.42. The number of rotatable bonds is 5. The van der Waals surface area contributed by atoms with Crippen molar-refractivity contribution in [3.8, 4) is 22.3 Å². The molecule has 0 atom stereocenters. The molecule has 0 N–H and O–H groups in total. The van der Waals surface area contributed by atoms with E-state index in [9.17, 15) is 0 Å². The van der Waals surface area contributed by atoms with E-state index in [0.717, 1.165) is 12.8 Å². The predicted octanol–water partition coefficient (Wildman–Crippen LogP) is 11.3. The number of hydrogen-bond acceptors (Lipinski definition) is 0. The molecule has 0 spiro atoms. The van der Waals surface area contributed by atoms with Crippen LogP contribution in [0.25, 0.3) is 60.1 Å². The average molecular weight is 491 g/mol. The highest BCUT2D eigenvalue weighted by atomic mass is 14.2. The zero-order chi connectivity index (χ0) is 26.2. The van der Waals surface area contributed by atoms with Gasteiger partial charge in [-0.1, -0.05) is 110 Å². The lowest BCUT2D eigenvalue weighted by Crippen LogP contribution is -1.94. The molecule has 0 saturated heterocycles. The molecule has 0 radical (unpaired) electrons. The van der Waals surface area contributed by atoms with Crippen molar-refractivity contribution < 1.29 is 0 Å². The molecule has 0 unspecified atom stereocenters. The molecule has 0 aromatic heterocycles. The summed E-state index contributed by atoms with van der Waals surface area (Å²) < 4.78 is 0. The lowest BCUT2D eigenvalue weighted by molar-refractivity contribution is 0.959. The highest BCUT2D eigenvalue weighted by molar-refractivity contribution is 6.18. The third-order valence-electron chi connectivity index (χ3n) is 7.97. The van der Waals surface area contributed by atoms with Crippen LogP contribution in [0.15, 0.2) is 109 Å². The summed E-state index contributed by atoms with van der Waals surface area (Å²) in [6, 6.07) is 38.3. The van der Waals surface area contributed by atoms with Crippen LogP contribution in [0.5, 0.6) is 0 Å². The molecule has 0 aliphatic heterocycles. The van der Waals surface area contributed by atoms with Crippen LogP contribution in [0.2, 0.25) is 0 Å². The molecule has 0 saturated carbocycles. The smallest absolute Gasteiger partial charge is 0.00262 e. The Balaban J connectivity index is 1.65. The Morgan fingerprint density at radius 2 is 1.16 bits per heavy atom. The summed E-state index contributed by atoms with van der Waals surface area (Å²) in [5.41, 5.74) is 10.6. The van der Waals surface area contributed by atoms with Crippen molar-refractivity contribution in [1.82, 2.24) is 0 Å². The highest BCUT2D eigenvalue weighted by Gasteiger charge is 2.17. The summed E-state index contributed by atoms with van der Waals surface area (Å²) in [6.45, 7) is 8.99. The second-order valence-corrected chi connectivity index (χ2v) is 10.6. The van der Waals surface area contributed by atoms with Gasteiger partial charge >= 0.3 is 0 Å². The molecule has 0 amide bonds. The van der Waals surface area contributed by atoms with Crippen LogP contribution < -0.4 is 0 Å². The third kappa shape index (κ3) is 4.11. The van der Waals surface area contributed by atoms with E-state index < -0.39 is 0 Å². The van der Waals surface area contributed by atoms with Crippen LogP contribution in [0, 0.1) is 13.8 Å². The molecular weight excluding hydrogens is 456 g/mol. The first kappa shape index (κ1) is 24.2. The Morgan fingerprint density at radius 1 is 0.605 bits per heavy atom. The van der Waals surface area contributed by atoms with Crippen molar-refractivity contribution in [3.63, 3.8) is 0 Å². The van der Waals surface area contributed by atoms with Gasteiger partial charge in [-0.2, -0.15) is 0 Å². The summed E-state index contributed by atoms with van der Waals surface area (Å²) >= 11 is 0. The van der Waals surface area contributed by atoms with Gasteiger partial charge in [-0.3, -0.25) is 0 Å². The normalized spacial score (nSPS) is 12.1. The van der Waals surface area contributed by atoms with E-state index in [-0.39, 0.29) is 0 Å². The first-order valence-electron chi connectivity index (χ1n) is 13.8. The molecule has 6 aromatic carbocycles. The van der Waals surface area contributed by atoms with Crippen molar-refractivity contribution in [2.45, 2.75) is 40.5 Å². The van der Waals surface area contributed by atoms with Gasteiger partial charge in [0.2, 0.25) is 0 Å². The number of unbranched alkanes of at least 4 members (excludes halogenated alkanes) is 1. The zero-order valence-corrected chi connectivity index (χ0v) is 22.8. The molecule has 0 bridgehead atoms. The molecule has 0 nitrogen and oxygen atoms in total. The van der Waals surface area contributed by atoms with E-state index in [1.165, 1.54) is 76.8 Å². The van der Waals surface area contributed by atoms with Gasteiger partial charge in [0.1, 0.15) is 0 Å². The largest absolute Gasteiger partial charge is 0.0810 e. The van der Waals surface area contributed by atoms with E-state index in [1.807, 2.05) is 0 Å². The Labute approximate surface area is 226 Å². The van der Waals surface area contributed by atoms with E-state index >= 15 is 0 Å². The van der Waals surface area contributed by atoms with Crippen molar-refractivity contribution in [2.24, 2.45) is 0 Å². The average Bonchev–Trinajstić information content (AvgIpc) is 2.94. The highest BCUT2D eigenvalue weighted by Crippen LogP contribution is 2.43. The van der Waals surface area contributed by atoms with E-state index in [4.69, 9.17) is 0 Å². The Morgan fingerprint density at radius 3 is 1.79 bits per heavy atom. The SMILES string of the molecule is CCC/C=C(/C)c1c2ccccc2c(-c2ccc(C)c(-c3cc4ccccc4cc3C)c2)c2ccccc12. The summed E-state index contributed by atoms with van der Waals surface area (Å²) in [4.78, 5) is 0. The van der Waals surface area contributed by atoms with E-state index in [2.05, 4.69) is 137 Å². The summed E-state index contributed by atoms with van der Waals surface area (Å²) in [6.07, 6.45) is 4.66. The third-order valence-corrected chi connectivity index (χ3v) is 7.97. The number of benzene rings is 6. The quantitative estimate of drug-likeness (QED) is 0.211. The van der Waals surface area contributed by atoms with Crippen LogP contribution in [-0.2, 0) is 0 Å². The first-order chi connectivity index (χ1) is 18.6. The Hall–Kier alpha value is -4.16. The molecule has 186 valence electrons. The van der Waals surface area contributed by atoms with Gasteiger partial charge in [-0.25, -0.2) is 0 Å². The van der Waals surface area contributed by atoms with E-state index in [1.54, 1.807) is 0 Å². The summed E-state index contributed by atoms with van der Waals surface area (Å²) in [5.74, 6) is 0. The topological polar surface area (TPSA) is 0 Å². The molecule has 6 rings (SSSR count). The van der Waals surface area contributed by atoms with Crippen molar-refractivity contribution in [3.05, 3.63) is 126 Å². The number of hydrogen-bond donors (Lipinski definition) is 0. The molecule has 38 heavy (non-hydrogen) atoms. The number of aryl methyl sites for hydroxylation is 2. The van der Waals surface area contributed by atoms with Gasteiger partial charge in [0.25, 0.3) is 0 Å². The Kier molecular flexibility index (Phi) is 6.34. The van der Waals surface area contributed by atoms with Crippen LogP contribution in [-0.4, -0.2) is 0 Å². The van der Waals surface area contributed by atoms with Crippen molar-refractivity contribution in [2.75, 3.05) is 0 Å². The summed E-state index contributed by atoms with van der Waals surface area (Å²) in [7, 11) is 0. The van der Waals surface area contributed by atoms with Gasteiger partial charge in [-0.15, -0.1) is 0 Å². The van der Waals surface area contributed by atoms with Gasteiger partial charge in [0.15, 0.2) is 0 Å². The molecular formula is C38H34. The fourth-order valence-electron chi connectivity index (χ4n) is 6.04. The van der Waals surface area contributed by atoms with Crippen molar-refractivity contribution in [1.29, 1.82) is 0 Å². The first-order valence-corrected chi connectivity index (χ1v) is 13.8. The summed E-state index contributed by atoms with van der Waals surface area (Å²) in [5, 5.41) is 7.87. The molecule has 0 aliphatic rings. The second-order valence-electron chi connectivity index (χ2n) is 10.6. The van der Waals surface area contributed by atoms with Crippen LogP contribution >= 0.6 is 0 Å². The lowest BCUT2D eigenvalue weighted by atomic mass is 9.84. The lowest BCUT2D eigenvalue weighted by Gasteiger charge is -2.19. The molecule has 0 heteroatoms. The van der Waals surface area contributed by atoms with Crippen LogP contribution in [0.1, 0.15) is 43.4 Å². The number of fused-ring (bicyclic) bond motifs is 3. The second kappa shape index (κ2) is 9.95. The predicted molar refractivity (Wildman–Crippen MR) is 168 cm³/mol. The van der Waals surface area contributed by atoms with Crippen LogP contribution in [0.4, 0.5) is 0 Å². The minimum absolute atomic E-state index is 1.10. The molecule has 0 aliphatic carbocycles. The minimum Gasteiger partial charge on any atom is -0.0810 e. The Bertz CT molecular complexity index is 1790. The van der Waals surface area contributed by atoms with Crippen LogP contribution in [0.3, 0.4) is 0 Å². The standard InChI is InChI=1S/C38H34/c1-5-6-13-26(3)37-31-16-9-11-18-33(31)38(34-19-12-10-17-32(34)37)30-21-20-25(2)35(24-30)36-23-29-15-8-7-14-28(29)22-27(36)4/h7-24H,5-6H2,1-4H3/b26-13-. The maximum Gasteiger partial charge on any atom is -0.00262 e. The van der Waals surface area contributed by atoms with Gasteiger partial charge in [-0.05, 0) is 116 Å².